The van der Waals surface area contributed by atoms with Gasteiger partial charge in [0.15, 0.2) is 0 Å². The lowest BCUT2D eigenvalue weighted by Gasteiger charge is -2.18. The van der Waals surface area contributed by atoms with Gasteiger partial charge in [0.05, 0.1) is 0 Å². The molecule has 0 saturated carbocycles. The minimum absolute atomic E-state index is 0.00169. The van der Waals surface area contributed by atoms with E-state index in [-0.39, 0.29) is 12.2 Å². The van der Waals surface area contributed by atoms with Crippen LogP contribution in [0.2, 0.25) is 5.02 Å². The lowest BCUT2D eigenvalue weighted by Crippen LogP contribution is -2.07. The van der Waals surface area contributed by atoms with Crippen molar-refractivity contribution in [1.82, 2.24) is 0 Å². The summed E-state index contributed by atoms with van der Waals surface area (Å²) in [5, 5.41) is 0.589. The summed E-state index contributed by atoms with van der Waals surface area (Å²) in [5.41, 5.74) is 0.737. The fourth-order valence-corrected chi connectivity index (χ4v) is 1.73. The molecule has 1 unspecified atom stereocenters. The Morgan fingerprint density at radius 1 is 1.27 bits per heavy atom. The van der Waals surface area contributed by atoms with Gasteiger partial charge in [-0.3, -0.25) is 0 Å². The van der Waals surface area contributed by atoms with Crippen LogP contribution in [0.1, 0.15) is 25.3 Å². The molecule has 0 aliphatic carbocycles. The topological polar surface area (TPSA) is 0 Å². The lowest BCUT2D eigenvalue weighted by atomic mass is 9.88. The van der Waals surface area contributed by atoms with Gasteiger partial charge in [-0.05, 0) is 23.6 Å². The second kappa shape index (κ2) is 5.26. The van der Waals surface area contributed by atoms with E-state index in [0.29, 0.717) is 5.02 Å². The average molecular weight is 231 g/mol. The fraction of sp³-hybridized carbons (Fsp3) is 0.333. The summed E-state index contributed by atoms with van der Waals surface area (Å²) in [5.74, 6) is -1.28. The molecule has 0 aliphatic rings. The highest BCUT2D eigenvalue weighted by Gasteiger charge is 2.20. The van der Waals surface area contributed by atoms with Crippen molar-refractivity contribution < 1.29 is 8.78 Å². The Bertz CT molecular complexity index is 341. The highest BCUT2D eigenvalue weighted by Crippen LogP contribution is 2.33. The molecular weight excluding hydrogens is 218 g/mol. The van der Waals surface area contributed by atoms with Crippen molar-refractivity contribution >= 4 is 11.6 Å². The van der Waals surface area contributed by atoms with Crippen LogP contribution >= 0.6 is 11.6 Å². The van der Waals surface area contributed by atoms with Crippen molar-refractivity contribution in [3.8, 4) is 0 Å². The summed E-state index contributed by atoms with van der Waals surface area (Å²) in [6.45, 7) is 3.70. The van der Waals surface area contributed by atoms with Crippen LogP contribution in [-0.2, 0) is 0 Å². The van der Waals surface area contributed by atoms with Crippen LogP contribution in [0, 0.1) is 5.92 Å². The predicted molar refractivity (Wildman–Crippen MR) is 59.3 cm³/mol. The zero-order valence-corrected chi connectivity index (χ0v) is 9.43. The van der Waals surface area contributed by atoms with E-state index in [0.717, 1.165) is 5.56 Å². The molecule has 82 valence electrons. The highest BCUT2D eigenvalue weighted by atomic mass is 35.5. The Morgan fingerprint density at radius 2 is 1.80 bits per heavy atom. The van der Waals surface area contributed by atoms with Gasteiger partial charge in [0.1, 0.15) is 12.2 Å². The summed E-state index contributed by atoms with van der Waals surface area (Å²) in [6, 6.07) is 6.79. The van der Waals surface area contributed by atoms with E-state index < -0.39 is 11.7 Å². The molecule has 0 bridgehead atoms. The molecule has 0 saturated heterocycles. The van der Waals surface area contributed by atoms with Gasteiger partial charge in [-0.1, -0.05) is 37.6 Å². The minimum atomic E-state index is -0.743. The second-order valence-electron chi connectivity index (χ2n) is 3.77. The third-order valence-corrected chi connectivity index (χ3v) is 2.55. The molecular formula is C12H13ClF2. The largest absolute Gasteiger partial charge is 0.213 e. The van der Waals surface area contributed by atoms with Crippen LogP contribution in [0.5, 0.6) is 0 Å². The van der Waals surface area contributed by atoms with Gasteiger partial charge in [0, 0.05) is 10.9 Å². The molecule has 1 aromatic rings. The van der Waals surface area contributed by atoms with Crippen LogP contribution in [0.25, 0.3) is 0 Å². The first-order chi connectivity index (χ1) is 7.06. The minimum Gasteiger partial charge on any atom is -0.213 e. The van der Waals surface area contributed by atoms with Crippen LogP contribution in [0.15, 0.2) is 36.4 Å². The molecule has 0 aliphatic heterocycles. The third-order valence-electron chi connectivity index (χ3n) is 2.30. The summed E-state index contributed by atoms with van der Waals surface area (Å²) in [4.78, 5) is 0. The molecule has 0 fully saturated rings. The molecule has 3 heteroatoms. The van der Waals surface area contributed by atoms with Crippen molar-refractivity contribution in [2.24, 2.45) is 5.92 Å². The maximum absolute atomic E-state index is 13.3. The molecule has 1 rings (SSSR count). The fourth-order valence-electron chi connectivity index (χ4n) is 1.60. The summed E-state index contributed by atoms with van der Waals surface area (Å²) in [7, 11) is 0. The number of rotatable bonds is 3. The molecule has 1 aromatic carbocycles. The molecule has 0 aromatic heterocycles. The summed E-state index contributed by atoms with van der Waals surface area (Å²) >= 11 is 5.73. The Balaban J connectivity index is 3.05. The Morgan fingerprint density at radius 3 is 2.20 bits per heavy atom. The first kappa shape index (κ1) is 12.2. The zero-order chi connectivity index (χ0) is 11.4. The molecule has 0 spiro atoms. The van der Waals surface area contributed by atoms with Crippen molar-refractivity contribution in [3.05, 3.63) is 47.0 Å². The quantitative estimate of drug-likeness (QED) is 0.696. The second-order valence-corrected chi connectivity index (χ2v) is 4.20. The first-order valence-electron chi connectivity index (χ1n) is 4.77. The van der Waals surface area contributed by atoms with E-state index in [1.807, 2.05) is 13.8 Å². The smallest absolute Gasteiger partial charge is 0.136 e. The number of allylic oxidation sites excluding steroid dienone is 1. The monoisotopic (exact) mass is 230 g/mol. The number of halogens is 3. The maximum Gasteiger partial charge on any atom is 0.136 e. The van der Waals surface area contributed by atoms with E-state index in [9.17, 15) is 8.78 Å². The number of benzene rings is 1. The van der Waals surface area contributed by atoms with Crippen LogP contribution in [0.4, 0.5) is 8.78 Å². The van der Waals surface area contributed by atoms with E-state index >= 15 is 0 Å². The summed E-state index contributed by atoms with van der Waals surface area (Å²) in [6.07, 6.45) is 0.0271. The third kappa shape index (κ3) is 3.03. The average Bonchev–Trinajstić information content (AvgIpc) is 2.20. The van der Waals surface area contributed by atoms with Crippen LogP contribution in [-0.4, -0.2) is 0 Å². The first-order valence-corrected chi connectivity index (χ1v) is 5.15. The molecule has 1 atom stereocenters. The van der Waals surface area contributed by atoms with Crippen molar-refractivity contribution in [3.63, 3.8) is 0 Å². The highest BCUT2D eigenvalue weighted by molar-refractivity contribution is 6.30. The molecule has 0 nitrogen and oxygen atoms in total. The Kier molecular flexibility index (Phi) is 4.28. The summed E-state index contributed by atoms with van der Waals surface area (Å²) < 4.78 is 25.5. The van der Waals surface area contributed by atoms with Gasteiger partial charge in [0.2, 0.25) is 0 Å². The van der Waals surface area contributed by atoms with Gasteiger partial charge in [-0.2, -0.15) is 0 Å². The Hall–Kier alpha value is -0.890. The van der Waals surface area contributed by atoms with Crippen molar-refractivity contribution in [1.29, 1.82) is 0 Å². The zero-order valence-electron chi connectivity index (χ0n) is 8.68. The van der Waals surface area contributed by atoms with Crippen molar-refractivity contribution in [2.75, 3.05) is 0 Å². The molecule has 15 heavy (non-hydrogen) atoms. The van der Waals surface area contributed by atoms with Gasteiger partial charge in [0.25, 0.3) is 0 Å². The van der Waals surface area contributed by atoms with E-state index in [1.54, 1.807) is 24.3 Å². The van der Waals surface area contributed by atoms with E-state index in [2.05, 4.69) is 0 Å². The van der Waals surface area contributed by atoms with E-state index in [1.165, 1.54) is 0 Å². The molecule has 0 heterocycles. The van der Waals surface area contributed by atoms with Gasteiger partial charge in [-0.25, -0.2) is 8.78 Å². The van der Waals surface area contributed by atoms with Crippen LogP contribution < -0.4 is 0 Å². The van der Waals surface area contributed by atoms with Gasteiger partial charge >= 0.3 is 0 Å². The number of hydrogen-bond acceptors (Lipinski definition) is 0. The van der Waals surface area contributed by atoms with Crippen LogP contribution in [0.3, 0.4) is 0 Å². The SMILES string of the molecule is CC(C)C(C(F)=CF)c1ccc(Cl)cc1. The number of hydrogen-bond donors (Lipinski definition) is 0. The lowest BCUT2D eigenvalue weighted by molar-refractivity contribution is 0.437. The van der Waals surface area contributed by atoms with Gasteiger partial charge < -0.3 is 0 Å². The maximum atomic E-state index is 13.3. The molecule has 0 amide bonds. The Labute approximate surface area is 93.6 Å². The van der Waals surface area contributed by atoms with Crippen molar-refractivity contribution in [2.45, 2.75) is 19.8 Å². The molecule has 0 N–H and O–H groups in total. The standard InChI is InChI=1S/C12H13ClF2/c1-8(2)12(11(15)7-14)9-3-5-10(13)6-4-9/h3-8,12H,1-2H3. The van der Waals surface area contributed by atoms with Gasteiger partial charge in [-0.15, -0.1) is 0 Å². The molecule has 0 radical (unpaired) electrons. The predicted octanol–water partition coefficient (Wildman–Crippen LogP) is 4.86. The normalized spacial score (nSPS) is 14.4. The van der Waals surface area contributed by atoms with E-state index in [4.69, 9.17) is 11.6 Å².